The fourth-order valence-electron chi connectivity index (χ4n) is 2.80. The van der Waals surface area contributed by atoms with Crippen LogP contribution in [0.5, 0.6) is 0 Å². The number of hydrogen-bond donors (Lipinski definition) is 1. The van der Waals surface area contributed by atoms with Crippen LogP contribution in [0, 0.1) is 0 Å². The fraction of sp³-hybridized carbons (Fsp3) is 0.278. The molecule has 2 aromatic rings. The molecule has 1 fully saturated rings. The Morgan fingerprint density at radius 3 is 2.50 bits per heavy atom. The molecule has 138 valence electrons. The second-order valence-corrected chi connectivity index (χ2v) is 7.23. The summed E-state index contributed by atoms with van der Waals surface area (Å²) in [6, 6.07) is 13.9. The van der Waals surface area contributed by atoms with Crippen LogP contribution in [0.25, 0.3) is 0 Å². The average molecular weight is 398 g/mol. The molecule has 0 saturated carbocycles. The molecule has 0 aliphatic carbocycles. The predicted octanol–water partition coefficient (Wildman–Crippen LogP) is 5.01. The van der Waals surface area contributed by atoms with Gasteiger partial charge in [0.2, 0.25) is 0 Å². The Morgan fingerprint density at radius 2 is 1.81 bits per heavy atom. The Hall–Kier alpha value is -1.99. The molecular weight excluding hydrogens is 380 g/mol. The zero-order chi connectivity index (χ0) is 18.5. The number of thioether (sulfide) groups is 1. The number of alkyl halides is 2. The van der Waals surface area contributed by atoms with Crippen molar-refractivity contribution in [3.8, 4) is 0 Å². The van der Waals surface area contributed by atoms with Crippen LogP contribution in [0.4, 0.5) is 25.0 Å². The van der Waals surface area contributed by atoms with E-state index in [1.807, 2.05) is 24.3 Å². The van der Waals surface area contributed by atoms with Crippen LogP contribution in [-0.2, 0) is 0 Å². The van der Waals surface area contributed by atoms with Gasteiger partial charge in [-0.25, -0.2) is 4.79 Å². The quantitative estimate of drug-likeness (QED) is 0.737. The normalized spacial score (nSPS) is 14.6. The smallest absolute Gasteiger partial charge is 0.321 e. The molecule has 1 saturated heterocycles. The minimum absolute atomic E-state index is 0.280. The van der Waals surface area contributed by atoms with E-state index in [2.05, 4.69) is 10.2 Å². The van der Waals surface area contributed by atoms with Crippen molar-refractivity contribution < 1.29 is 13.6 Å². The lowest BCUT2D eigenvalue weighted by Crippen LogP contribution is -2.50. The Bertz CT molecular complexity index is 770. The highest BCUT2D eigenvalue weighted by atomic mass is 35.5. The summed E-state index contributed by atoms with van der Waals surface area (Å²) in [5, 5.41) is 3.42. The molecule has 0 radical (unpaired) electrons. The summed E-state index contributed by atoms with van der Waals surface area (Å²) in [5.41, 5.74) is 1.43. The molecule has 0 atom stereocenters. The number of rotatable bonds is 4. The number of piperazine rings is 1. The van der Waals surface area contributed by atoms with E-state index in [1.54, 1.807) is 29.2 Å². The molecule has 0 bridgehead atoms. The summed E-state index contributed by atoms with van der Waals surface area (Å²) in [6.45, 7) is 2.45. The van der Waals surface area contributed by atoms with Crippen molar-refractivity contribution in [1.82, 2.24) is 4.90 Å². The highest BCUT2D eigenvalue weighted by molar-refractivity contribution is 7.99. The number of halogens is 3. The van der Waals surface area contributed by atoms with Gasteiger partial charge in [0.1, 0.15) is 0 Å². The Balaban J connectivity index is 1.59. The lowest BCUT2D eigenvalue weighted by Gasteiger charge is -2.36. The molecule has 1 heterocycles. The predicted molar refractivity (Wildman–Crippen MR) is 103 cm³/mol. The van der Waals surface area contributed by atoms with Crippen LogP contribution in [0.2, 0.25) is 5.02 Å². The van der Waals surface area contributed by atoms with Crippen molar-refractivity contribution in [2.24, 2.45) is 0 Å². The summed E-state index contributed by atoms with van der Waals surface area (Å²) < 4.78 is 25.3. The first-order valence-electron chi connectivity index (χ1n) is 8.13. The van der Waals surface area contributed by atoms with Gasteiger partial charge in [0, 0.05) is 41.8 Å². The lowest BCUT2D eigenvalue weighted by atomic mass is 10.2. The number of carbonyl (C=O) groups excluding carboxylic acids is 1. The largest absolute Gasteiger partial charge is 0.368 e. The minimum Gasteiger partial charge on any atom is -0.368 e. The van der Waals surface area contributed by atoms with Gasteiger partial charge in [0.25, 0.3) is 5.76 Å². The van der Waals surface area contributed by atoms with Gasteiger partial charge >= 0.3 is 6.03 Å². The summed E-state index contributed by atoms with van der Waals surface area (Å²) in [5.74, 6) is -2.53. The second-order valence-electron chi connectivity index (χ2n) is 5.76. The van der Waals surface area contributed by atoms with Crippen molar-refractivity contribution in [2.75, 3.05) is 36.4 Å². The molecule has 0 unspecified atom stereocenters. The summed E-state index contributed by atoms with van der Waals surface area (Å²) >= 11 is 6.45. The second kappa shape index (κ2) is 8.60. The molecule has 3 rings (SSSR count). The monoisotopic (exact) mass is 397 g/mol. The van der Waals surface area contributed by atoms with Gasteiger partial charge in [-0.05, 0) is 30.3 Å². The van der Waals surface area contributed by atoms with Crippen molar-refractivity contribution in [1.29, 1.82) is 0 Å². The van der Waals surface area contributed by atoms with E-state index in [9.17, 15) is 13.6 Å². The van der Waals surface area contributed by atoms with E-state index in [4.69, 9.17) is 11.6 Å². The third-order valence-electron chi connectivity index (χ3n) is 4.08. The summed E-state index contributed by atoms with van der Waals surface area (Å²) in [7, 11) is 0. The first-order chi connectivity index (χ1) is 12.5. The van der Waals surface area contributed by atoms with Crippen LogP contribution in [0.1, 0.15) is 0 Å². The van der Waals surface area contributed by atoms with E-state index in [-0.39, 0.29) is 6.03 Å². The fourth-order valence-corrected chi connectivity index (χ4v) is 3.58. The van der Waals surface area contributed by atoms with Crippen LogP contribution in [0.15, 0.2) is 53.4 Å². The van der Waals surface area contributed by atoms with E-state index in [1.165, 1.54) is 0 Å². The van der Waals surface area contributed by atoms with Gasteiger partial charge in [0.05, 0.1) is 5.69 Å². The third-order valence-corrected chi connectivity index (χ3v) is 5.11. The molecule has 8 heteroatoms. The van der Waals surface area contributed by atoms with Gasteiger partial charge in [-0.3, -0.25) is 0 Å². The molecule has 0 aromatic heterocycles. The number of carbonyl (C=O) groups is 1. The van der Waals surface area contributed by atoms with E-state index in [0.29, 0.717) is 53.5 Å². The summed E-state index contributed by atoms with van der Waals surface area (Å²) in [6.07, 6.45) is 0. The molecule has 2 amide bonds. The van der Waals surface area contributed by atoms with Crippen LogP contribution in [0.3, 0.4) is 0 Å². The number of anilines is 2. The van der Waals surface area contributed by atoms with Crippen molar-refractivity contribution in [2.45, 2.75) is 10.7 Å². The van der Waals surface area contributed by atoms with Crippen LogP contribution < -0.4 is 10.2 Å². The van der Waals surface area contributed by atoms with Gasteiger partial charge < -0.3 is 15.1 Å². The molecule has 1 N–H and O–H groups in total. The number of urea groups is 1. The third kappa shape index (κ3) is 4.80. The number of hydrogen-bond acceptors (Lipinski definition) is 3. The van der Waals surface area contributed by atoms with Crippen molar-refractivity contribution in [3.05, 3.63) is 53.6 Å². The maximum atomic E-state index is 12.7. The molecular formula is C18H18ClF2N3OS. The SMILES string of the molecule is O=C(Nc1ccccc1SC(F)F)N1CCN(c2cccc(Cl)c2)CC1. The number of nitrogens with zero attached hydrogens (tertiary/aromatic N) is 2. The number of para-hydroxylation sites is 1. The van der Waals surface area contributed by atoms with E-state index < -0.39 is 5.76 Å². The lowest BCUT2D eigenvalue weighted by molar-refractivity contribution is 0.208. The average Bonchev–Trinajstić information content (AvgIpc) is 2.63. The zero-order valence-corrected chi connectivity index (χ0v) is 15.4. The minimum atomic E-state index is -2.53. The number of amides is 2. The van der Waals surface area contributed by atoms with Gasteiger partial charge in [-0.1, -0.05) is 41.6 Å². The Morgan fingerprint density at radius 1 is 1.08 bits per heavy atom. The van der Waals surface area contributed by atoms with Crippen LogP contribution >= 0.6 is 23.4 Å². The van der Waals surface area contributed by atoms with Crippen molar-refractivity contribution >= 4 is 40.8 Å². The summed E-state index contributed by atoms with van der Waals surface area (Å²) in [4.78, 5) is 16.7. The van der Waals surface area contributed by atoms with E-state index >= 15 is 0 Å². The van der Waals surface area contributed by atoms with Crippen molar-refractivity contribution in [3.63, 3.8) is 0 Å². The number of nitrogens with one attached hydrogen (secondary N) is 1. The highest BCUT2D eigenvalue weighted by Gasteiger charge is 2.22. The standard InChI is InChI=1S/C18H18ClF2N3OS/c19-13-4-3-5-14(12-13)23-8-10-24(11-9-23)18(25)22-15-6-1-2-7-16(15)26-17(20)21/h1-7,12,17H,8-11H2,(H,22,25). The van der Waals surface area contributed by atoms with E-state index in [0.717, 1.165) is 5.69 Å². The maximum Gasteiger partial charge on any atom is 0.321 e. The molecule has 0 spiro atoms. The zero-order valence-electron chi connectivity index (χ0n) is 13.9. The first-order valence-corrected chi connectivity index (χ1v) is 9.39. The van der Waals surface area contributed by atoms with Gasteiger partial charge in [-0.2, -0.15) is 8.78 Å². The molecule has 1 aliphatic rings. The Labute approximate surface area is 160 Å². The molecule has 4 nitrogen and oxygen atoms in total. The van der Waals surface area contributed by atoms with Gasteiger partial charge in [-0.15, -0.1) is 0 Å². The maximum absolute atomic E-state index is 12.7. The molecule has 26 heavy (non-hydrogen) atoms. The highest BCUT2D eigenvalue weighted by Crippen LogP contribution is 2.31. The van der Waals surface area contributed by atoms with Gasteiger partial charge in [0.15, 0.2) is 0 Å². The molecule has 2 aromatic carbocycles. The number of benzene rings is 2. The molecule has 1 aliphatic heterocycles. The topological polar surface area (TPSA) is 35.6 Å². The Kier molecular flexibility index (Phi) is 6.21. The first kappa shape index (κ1) is 18.8. The van der Waals surface area contributed by atoms with Crippen LogP contribution in [-0.4, -0.2) is 42.9 Å².